The van der Waals surface area contributed by atoms with Crippen LogP contribution in [-0.2, 0) is 16.2 Å². The van der Waals surface area contributed by atoms with E-state index in [1.54, 1.807) is 36.4 Å². The molecule has 1 fully saturated rings. The van der Waals surface area contributed by atoms with Crippen LogP contribution in [0, 0.1) is 0 Å². The van der Waals surface area contributed by atoms with E-state index >= 15 is 0 Å². The van der Waals surface area contributed by atoms with E-state index in [1.165, 1.54) is 6.21 Å². The summed E-state index contributed by atoms with van der Waals surface area (Å²) in [7, 11) is 0. The summed E-state index contributed by atoms with van der Waals surface area (Å²) in [5.41, 5.74) is 1.19. The van der Waals surface area contributed by atoms with Crippen LogP contribution in [-0.4, -0.2) is 33.6 Å². The Labute approximate surface area is 191 Å². The van der Waals surface area contributed by atoms with Gasteiger partial charge in [0.05, 0.1) is 12.6 Å². The Kier molecular flexibility index (Phi) is 7.60. The van der Waals surface area contributed by atoms with Gasteiger partial charge in [0.1, 0.15) is 17.6 Å². The van der Waals surface area contributed by atoms with Crippen molar-refractivity contribution in [3.8, 4) is 5.75 Å². The molecule has 0 aromatic heterocycles. The second kappa shape index (κ2) is 10.2. The summed E-state index contributed by atoms with van der Waals surface area (Å²) in [5, 5.41) is 20.1. The van der Waals surface area contributed by atoms with Gasteiger partial charge in [0.15, 0.2) is 5.17 Å². The van der Waals surface area contributed by atoms with Crippen molar-refractivity contribution in [1.82, 2.24) is 5.32 Å². The van der Waals surface area contributed by atoms with Crippen molar-refractivity contribution in [2.45, 2.75) is 18.3 Å². The van der Waals surface area contributed by atoms with Gasteiger partial charge in [-0.1, -0.05) is 52.6 Å². The number of carboxylic acids is 1. The first kappa shape index (κ1) is 22.4. The predicted molar refractivity (Wildman–Crippen MR) is 119 cm³/mol. The van der Waals surface area contributed by atoms with Gasteiger partial charge in [-0.05, 0) is 30.3 Å². The lowest BCUT2D eigenvalue weighted by atomic mass is 10.2. The molecule has 1 atom stereocenters. The van der Waals surface area contributed by atoms with Crippen LogP contribution in [0.2, 0.25) is 15.1 Å². The second-order valence-electron chi connectivity index (χ2n) is 6.01. The molecule has 0 saturated carbocycles. The summed E-state index contributed by atoms with van der Waals surface area (Å²) in [6.45, 7) is 0.137. The fraction of sp³-hybridized carbons (Fsp3) is 0.158. The first-order valence-corrected chi connectivity index (χ1v) is 10.5. The summed E-state index contributed by atoms with van der Waals surface area (Å²) in [6, 6.07) is 10.2. The zero-order valence-electron chi connectivity index (χ0n) is 15.1. The zero-order valence-corrected chi connectivity index (χ0v) is 18.2. The van der Waals surface area contributed by atoms with E-state index in [0.29, 0.717) is 31.9 Å². The topological polar surface area (TPSA) is 100 Å². The molecule has 3 rings (SSSR count). The van der Waals surface area contributed by atoms with Crippen molar-refractivity contribution in [1.29, 1.82) is 0 Å². The van der Waals surface area contributed by atoms with Crippen molar-refractivity contribution >= 4 is 69.8 Å². The van der Waals surface area contributed by atoms with E-state index in [4.69, 9.17) is 44.6 Å². The molecule has 1 saturated heterocycles. The normalized spacial score (nSPS) is 17.5. The largest absolute Gasteiger partial charge is 0.488 e. The third-order valence-corrected chi connectivity index (χ3v) is 5.90. The van der Waals surface area contributed by atoms with Crippen LogP contribution in [0.3, 0.4) is 0 Å². The van der Waals surface area contributed by atoms with Crippen LogP contribution >= 0.6 is 46.6 Å². The molecule has 2 aromatic rings. The highest BCUT2D eigenvalue weighted by molar-refractivity contribution is 8.15. The molecule has 1 unspecified atom stereocenters. The molecule has 0 aliphatic carbocycles. The zero-order chi connectivity index (χ0) is 21.7. The van der Waals surface area contributed by atoms with E-state index in [2.05, 4.69) is 15.5 Å². The molecular formula is C19H14Cl3N3O4S. The number of amidine groups is 1. The standard InChI is InChI=1S/C19H14Cl3N3O4S/c20-11-4-5-15(29-9-12-13(21)2-1-3-14(12)22)10(6-11)8-23-25-19-24-18(28)16(30-19)7-17(26)27/h1-6,8,16H,7,9H2,(H,26,27)(H,24,25,28). The molecule has 0 bridgehead atoms. The van der Waals surface area contributed by atoms with E-state index in [0.717, 1.165) is 11.8 Å². The van der Waals surface area contributed by atoms with Gasteiger partial charge in [0.2, 0.25) is 5.91 Å². The Morgan fingerprint density at radius 3 is 2.67 bits per heavy atom. The lowest BCUT2D eigenvalue weighted by molar-refractivity contribution is -0.138. The van der Waals surface area contributed by atoms with Crippen LogP contribution in [0.15, 0.2) is 46.6 Å². The highest BCUT2D eigenvalue weighted by atomic mass is 35.5. The number of carbonyl (C=O) groups excluding carboxylic acids is 1. The van der Waals surface area contributed by atoms with Gasteiger partial charge >= 0.3 is 5.97 Å². The van der Waals surface area contributed by atoms with E-state index in [-0.39, 0.29) is 18.2 Å². The number of carboxylic acid groups (broad SMARTS) is 1. The van der Waals surface area contributed by atoms with Gasteiger partial charge < -0.3 is 15.2 Å². The maximum Gasteiger partial charge on any atom is 0.305 e. The summed E-state index contributed by atoms with van der Waals surface area (Å²) < 4.78 is 5.83. The number of ether oxygens (including phenoxy) is 1. The molecule has 2 N–H and O–H groups in total. The molecular weight excluding hydrogens is 473 g/mol. The number of nitrogens with one attached hydrogen (secondary N) is 1. The Morgan fingerprint density at radius 2 is 1.97 bits per heavy atom. The van der Waals surface area contributed by atoms with E-state index in [1.807, 2.05) is 0 Å². The second-order valence-corrected chi connectivity index (χ2v) is 8.46. The fourth-order valence-electron chi connectivity index (χ4n) is 2.46. The number of carbonyl (C=O) groups is 2. The molecule has 11 heteroatoms. The van der Waals surface area contributed by atoms with Gasteiger partial charge in [-0.3, -0.25) is 9.59 Å². The Hall–Kier alpha value is -2.26. The summed E-state index contributed by atoms with van der Waals surface area (Å²) in [5.74, 6) is -1.00. The van der Waals surface area contributed by atoms with Crippen LogP contribution in [0.4, 0.5) is 0 Å². The number of halogens is 3. The van der Waals surface area contributed by atoms with Crippen LogP contribution in [0.5, 0.6) is 5.75 Å². The minimum atomic E-state index is -1.06. The van der Waals surface area contributed by atoms with Gasteiger partial charge in [-0.25, -0.2) is 0 Å². The minimum Gasteiger partial charge on any atom is -0.488 e. The van der Waals surface area contributed by atoms with E-state index in [9.17, 15) is 9.59 Å². The monoisotopic (exact) mass is 485 g/mol. The Bertz CT molecular complexity index is 1030. The maximum atomic E-state index is 11.7. The minimum absolute atomic E-state index is 0.137. The molecule has 1 amide bonds. The SMILES string of the molecule is O=C(O)CC1SC(=NN=Cc2cc(Cl)ccc2OCc2c(Cl)cccc2Cl)NC1=O. The van der Waals surface area contributed by atoms with Crippen molar-refractivity contribution in [2.24, 2.45) is 10.2 Å². The van der Waals surface area contributed by atoms with Crippen LogP contribution in [0.25, 0.3) is 0 Å². The van der Waals surface area contributed by atoms with Gasteiger partial charge in [-0.15, -0.1) is 5.10 Å². The first-order chi connectivity index (χ1) is 14.3. The lowest BCUT2D eigenvalue weighted by Gasteiger charge is -2.11. The number of aliphatic carboxylic acids is 1. The Morgan fingerprint density at radius 1 is 1.23 bits per heavy atom. The summed E-state index contributed by atoms with van der Waals surface area (Å²) in [6.07, 6.45) is 1.12. The van der Waals surface area contributed by atoms with Crippen LogP contribution < -0.4 is 10.1 Å². The average Bonchev–Trinajstić information content (AvgIpc) is 3.01. The van der Waals surface area contributed by atoms with Crippen molar-refractivity contribution < 1.29 is 19.4 Å². The molecule has 2 aromatic carbocycles. The first-order valence-electron chi connectivity index (χ1n) is 8.49. The molecule has 1 aliphatic rings. The Balaban J connectivity index is 1.73. The molecule has 0 spiro atoms. The predicted octanol–water partition coefficient (Wildman–Crippen LogP) is 4.62. The molecule has 7 nitrogen and oxygen atoms in total. The van der Waals surface area contributed by atoms with Crippen molar-refractivity contribution in [2.75, 3.05) is 0 Å². The van der Waals surface area contributed by atoms with E-state index < -0.39 is 17.1 Å². The number of amides is 1. The quantitative estimate of drug-likeness (QED) is 0.439. The number of rotatable bonds is 7. The summed E-state index contributed by atoms with van der Waals surface area (Å²) >= 11 is 19.4. The number of thioether (sulfide) groups is 1. The number of nitrogens with zero attached hydrogens (tertiary/aromatic N) is 2. The van der Waals surface area contributed by atoms with Gasteiger partial charge in [0, 0.05) is 26.2 Å². The molecule has 1 aliphatic heterocycles. The summed E-state index contributed by atoms with van der Waals surface area (Å²) in [4.78, 5) is 22.5. The lowest BCUT2D eigenvalue weighted by Crippen LogP contribution is -2.26. The molecule has 30 heavy (non-hydrogen) atoms. The molecule has 156 valence electrons. The van der Waals surface area contributed by atoms with Gasteiger partial charge in [-0.2, -0.15) is 5.10 Å². The number of hydrogen-bond donors (Lipinski definition) is 2. The highest BCUT2D eigenvalue weighted by Gasteiger charge is 2.32. The van der Waals surface area contributed by atoms with Crippen molar-refractivity contribution in [3.63, 3.8) is 0 Å². The highest BCUT2D eigenvalue weighted by Crippen LogP contribution is 2.28. The van der Waals surface area contributed by atoms with Gasteiger partial charge in [0.25, 0.3) is 0 Å². The average molecular weight is 487 g/mol. The molecule has 1 heterocycles. The fourth-order valence-corrected chi connectivity index (χ4v) is 4.06. The third kappa shape index (κ3) is 5.89. The smallest absolute Gasteiger partial charge is 0.305 e. The van der Waals surface area contributed by atoms with Crippen LogP contribution in [0.1, 0.15) is 17.5 Å². The van der Waals surface area contributed by atoms with Crippen molar-refractivity contribution in [3.05, 3.63) is 62.6 Å². The maximum absolute atomic E-state index is 11.7. The number of hydrogen-bond acceptors (Lipinski definition) is 6. The third-order valence-electron chi connectivity index (χ3n) is 3.89. The number of benzene rings is 2. The molecule has 0 radical (unpaired) electrons.